The number of ether oxygens (including phenoxy) is 1. The monoisotopic (exact) mass is 230 g/mol. The molecule has 3 nitrogen and oxygen atoms in total. The van der Waals surface area contributed by atoms with Gasteiger partial charge < -0.3 is 10.2 Å². The van der Waals surface area contributed by atoms with Crippen LogP contribution in [0.5, 0.6) is 5.75 Å². The largest absolute Gasteiger partial charge is 0.492 e. The fraction of sp³-hybridized carbons (Fsp3) is 0.250. The summed E-state index contributed by atoms with van der Waals surface area (Å²) in [7, 11) is 0. The van der Waals surface area contributed by atoms with E-state index in [2.05, 4.69) is 21.4 Å². The van der Waals surface area contributed by atoms with E-state index in [9.17, 15) is 0 Å². The van der Waals surface area contributed by atoms with Crippen molar-refractivity contribution in [1.29, 1.82) is 0 Å². The normalized spacial score (nSPS) is 9.58. The highest BCUT2D eigenvalue weighted by molar-refractivity contribution is 9.10. The maximum absolute atomic E-state index is 5.32. The SMILES string of the molecule is CCOc1ccc(Br)cc1NN. The smallest absolute Gasteiger partial charge is 0.143 e. The number of halogens is 1. The highest BCUT2D eigenvalue weighted by Crippen LogP contribution is 2.27. The third-order valence-corrected chi connectivity index (χ3v) is 1.89. The molecule has 0 aliphatic heterocycles. The standard InChI is InChI=1S/C8H11BrN2O/c1-2-12-8-4-3-6(9)5-7(8)11-10/h3-5,11H,2,10H2,1H3. The molecule has 12 heavy (non-hydrogen) atoms. The van der Waals surface area contributed by atoms with Gasteiger partial charge in [0.2, 0.25) is 0 Å². The molecule has 4 heteroatoms. The summed E-state index contributed by atoms with van der Waals surface area (Å²) in [4.78, 5) is 0. The summed E-state index contributed by atoms with van der Waals surface area (Å²) in [5.74, 6) is 6.07. The Balaban J connectivity index is 2.94. The van der Waals surface area contributed by atoms with E-state index in [-0.39, 0.29) is 0 Å². The molecular formula is C8H11BrN2O. The molecule has 1 aromatic rings. The topological polar surface area (TPSA) is 47.3 Å². The number of benzene rings is 1. The molecule has 0 atom stereocenters. The molecule has 66 valence electrons. The van der Waals surface area contributed by atoms with Crippen LogP contribution < -0.4 is 16.0 Å². The lowest BCUT2D eigenvalue weighted by Crippen LogP contribution is -2.08. The zero-order valence-electron chi connectivity index (χ0n) is 6.80. The third kappa shape index (κ3) is 2.12. The van der Waals surface area contributed by atoms with Crippen LogP contribution in [0.4, 0.5) is 5.69 Å². The second-order valence-electron chi connectivity index (χ2n) is 2.22. The summed E-state index contributed by atoms with van der Waals surface area (Å²) in [5, 5.41) is 0. The van der Waals surface area contributed by atoms with E-state index in [0.29, 0.717) is 6.61 Å². The van der Waals surface area contributed by atoms with Crippen LogP contribution in [-0.2, 0) is 0 Å². The van der Waals surface area contributed by atoms with Crippen molar-refractivity contribution >= 4 is 21.6 Å². The lowest BCUT2D eigenvalue weighted by atomic mass is 10.3. The summed E-state index contributed by atoms with van der Waals surface area (Å²) < 4.78 is 6.29. The average molecular weight is 231 g/mol. The average Bonchev–Trinajstić information content (AvgIpc) is 2.08. The van der Waals surface area contributed by atoms with E-state index in [1.165, 1.54) is 0 Å². The zero-order valence-corrected chi connectivity index (χ0v) is 8.39. The van der Waals surface area contributed by atoms with Crippen LogP contribution in [-0.4, -0.2) is 6.61 Å². The Hall–Kier alpha value is -0.740. The number of hydrogen-bond donors (Lipinski definition) is 2. The Kier molecular flexibility index (Phi) is 3.37. The van der Waals surface area contributed by atoms with E-state index in [0.717, 1.165) is 15.9 Å². The maximum atomic E-state index is 5.32. The lowest BCUT2D eigenvalue weighted by molar-refractivity contribution is 0.341. The minimum Gasteiger partial charge on any atom is -0.492 e. The molecule has 0 radical (unpaired) electrons. The van der Waals surface area contributed by atoms with Crippen molar-refractivity contribution in [3.05, 3.63) is 22.7 Å². The Bertz CT molecular complexity index is 265. The molecule has 0 heterocycles. The third-order valence-electron chi connectivity index (χ3n) is 1.40. The van der Waals surface area contributed by atoms with Crippen molar-refractivity contribution in [1.82, 2.24) is 0 Å². The molecule has 0 aromatic heterocycles. The molecule has 1 aromatic carbocycles. The van der Waals surface area contributed by atoms with Crippen molar-refractivity contribution < 1.29 is 4.74 Å². The first-order chi connectivity index (χ1) is 5.77. The molecule has 1 rings (SSSR count). The van der Waals surface area contributed by atoms with Gasteiger partial charge in [-0.25, -0.2) is 0 Å². The number of nitrogens with two attached hydrogens (primary N) is 1. The summed E-state index contributed by atoms with van der Waals surface area (Å²) in [6.45, 7) is 2.57. The second-order valence-corrected chi connectivity index (χ2v) is 3.13. The Morgan fingerprint density at radius 3 is 2.92 bits per heavy atom. The number of nitrogen functional groups attached to an aromatic ring is 1. The number of nitrogens with one attached hydrogen (secondary N) is 1. The number of hydrogen-bond acceptors (Lipinski definition) is 3. The molecular weight excluding hydrogens is 220 g/mol. The lowest BCUT2D eigenvalue weighted by Gasteiger charge is -2.09. The van der Waals surface area contributed by atoms with E-state index in [4.69, 9.17) is 10.6 Å². The highest BCUT2D eigenvalue weighted by Gasteiger charge is 2.01. The van der Waals surface area contributed by atoms with Gasteiger partial charge in [0.05, 0.1) is 12.3 Å². The minimum absolute atomic E-state index is 0.635. The number of rotatable bonds is 3. The Morgan fingerprint density at radius 1 is 1.58 bits per heavy atom. The molecule has 0 unspecified atom stereocenters. The quantitative estimate of drug-likeness (QED) is 0.618. The van der Waals surface area contributed by atoms with Crippen LogP contribution in [0.3, 0.4) is 0 Å². The van der Waals surface area contributed by atoms with Gasteiger partial charge in [-0.1, -0.05) is 15.9 Å². The van der Waals surface area contributed by atoms with Crippen molar-refractivity contribution in [2.45, 2.75) is 6.92 Å². The van der Waals surface area contributed by atoms with Crippen molar-refractivity contribution in [3.63, 3.8) is 0 Å². The van der Waals surface area contributed by atoms with E-state index in [1.807, 2.05) is 25.1 Å². The van der Waals surface area contributed by atoms with E-state index < -0.39 is 0 Å². The summed E-state index contributed by atoms with van der Waals surface area (Å²) in [5.41, 5.74) is 3.35. The summed E-state index contributed by atoms with van der Waals surface area (Å²) in [6, 6.07) is 5.64. The molecule has 0 amide bonds. The molecule has 0 saturated carbocycles. The van der Waals surface area contributed by atoms with Gasteiger partial charge in [-0.15, -0.1) is 0 Å². The molecule has 0 aliphatic carbocycles. The van der Waals surface area contributed by atoms with E-state index >= 15 is 0 Å². The van der Waals surface area contributed by atoms with Crippen LogP contribution >= 0.6 is 15.9 Å². The van der Waals surface area contributed by atoms with Gasteiger partial charge in [0, 0.05) is 4.47 Å². The molecule has 0 aliphatic rings. The Morgan fingerprint density at radius 2 is 2.33 bits per heavy atom. The number of hydrazine groups is 1. The van der Waals surface area contributed by atoms with Gasteiger partial charge in [0.1, 0.15) is 5.75 Å². The minimum atomic E-state index is 0.635. The first-order valence-electron chi connectivity index (χ1n) is 3.67. The Labute approximate surface area is 80.0 Å². The van der Waals surface area contributed by atoms with Crippen molar-refractivity contribution in [3.8, 4) is 5.75 Å². The van der Waals surface area contributed by atoms with Crippen molar-refractivity contribution in [2.24, 2.45) is 5.84 Å². The van der Waals surface area contributed by atoms with Crippen LogP contribution in [0.25, 0.3) is 0 Å². The molecule has 0 spiro atoms. The first kappa shape index (κ1) is 9.35. The maximum Gasteiger partial charge on any atom is 0.143 e. The van der Waals surface area contributed by atoms with Gasteiger partial charge in [-0.3, -0.25) is 5.84 Å². The summed E-state index contributed by atoms with van der Waals surface area (Å²) in [6.07, 6.45) is 0. The zero-order chi connectivity index (χ0) is 8.97. The predicted molar refractivity (Wildman–Crippen MR) is 53.1 cm³/mol. The van der Waals surface area contributed by atoms with Crippen LogP contribution in [0.15, 0.2) is 22.7 Å². The molecule has 3 N–H and O–H groups in total. The van der Waals surface area contributed by atoms with Gasteiger partial charge in [0.25, 0.3) is 0 Å². The van der Waals surface area contributed by atoms with Gasteiger partial charge in [-0.2, -0.15) is 0 Å². The fourth-order valence-corrected chi connectivity index (χ4v) is 1.26. The van der Waals surface area contributed by atoms with Crippen LogP contribution in [0.2, 0.25) is 0 Å². The first-order valence-corrected chi connectivity index (χ1v) is 4.46. The molecule has 0 bridgehead atoms. The summed E-state index contributed by atoms with van der Waals surface area (Å²) >= 11 is 3.34. The van der Waals surface area contributed by atoms with Crippen LogP contribution in [0, 0.1) is 0 Å². The van der Waals surface area contributed by atoms with Crippen molar-refractivity contribution in [2.75, 3.05) is 12.0 Å². The second kappa shape index (κ2) is 4.33. The van der Waals surface area contributed by atoms with Gasteiger partial charge >= 0.3 is 0 Å². The predicted octanol–water partition coefficient (Wildman–Crippen LogP) is 2.13. The highest BCUT2D eigenvalue weighted by atomic mass is 79.9. The van der Waals surface area contributed by atoms with Gasteiger partial charge in [0.15, 0.2) is 0 Å². The fourth-order valence-electron chi connectivity index (χ4n) is 0.896. The molecule has 0 fully saturated rings. The number of anilines is 1. The van der Waals surface area contributed by atoms with E-state index in [1.54, 1.807) is 0 Å². The van der Waals surface area contributed by atoms with Gasteiger partial charge in [-0.05, 0) is 25.1 Å². The molecule has 0 saturated heterocycles. The van der Waals surface area contributed by atoms with Crippen LogP contribution in [0.1, 0.15) is 6.92 Å².